The van der Waals surface area contributed by atoms with Gasteiger partial charge in [-0.25, -0.2) is 16.8 Å². The Morgan fingerprint density at radius 3 is 2.12 bits per heavy atom. The molecule has 11 heteroatoms. The maximum absolute atomic E-state index is 13.3. The van der Waals surface area contributed by atoms with Crippen LogP contribution in [-0.4, -0.2) is 42.6 Å². The lowest BCUT2D eigenvalue weighted by Gasteiger charge is -2.24. The van der Waals surface area contributed by atoms with Crippen molar-refractivity contribution < 1.29 is 21.6 Å². The van der Waals surface area contributed by atoms with Crippen LogP contribution in [0, 0.1) is 3.57 Å². The molecule has 0 atom stereocenters. The summed E-state index contributed by atoms with van der Waals surface area (Å²) in [6.07, 6.45) is 1.08. The molecule has 33 heavy (non-hydrogen) atoms. The number of amides is 1. The Balaban J connectivity index is 1.89. The number of anilines is 3. The van der Waals surface area contributed by atoms with Crippen LogP contribution in [0.25, 0.3) is 0 Å². The number of hydrogen-bond donors (Lipinski definition) is 1. The molecule has 3 aromatic rings. The Morgan fingerprint density at radius 1 is 0.879 bits per heavy atom. The maximum atomic E-state index is 13.3. The molecule has 0 aromatic heterocycles. The van der Waals surface area contributed by atoms with Gasteiger partial charge in [0.15, 0.2) is 0 Å². The number of sulfonamides is 2. The number of halogens is 1. The highest BCUT2D eigenvalue weighted by atomic mass is 127. The van der Waals surface area contributed by atoms with E-state index in [1.165, 1.54) is 25.2 Å². The topological polar surface area (TPSA) is 104 Å². The van der Waals surface area contributed by atoms with Crippen molar-refractivity contribution in [1.29, 1.82) is 0 Å². The van der Waals surface area contributed by atoms with Gasteiger partial charge in [-0.2, -0.15) is 0 Å². The van der Waals surface area contributed by atoms with Gasteiger partial charge in [-0.05, 0) is 77.2 Å². The molecule has 0 spiro atoms. The minimum atomic E-state index is -4.01. The van der Waals surface area contributed by atoms with Crippen LogP contribution in [0.1, 0.15) is 0 Å². The summed E-state index contributed by atoms with van der Waals surface area (Å²) in [5.41, 5.74) is 1.05. The van der Waals surface area contributed by atoms with E-state index in [9.17, 15) is 21.6 Å². The van der Waals surface area contributed by atoms with E-state index in [4.69, 9.17) is 0 Å². The normalized spacial score (nSPS) is 11.6. The highest BCUT2D eigenvalue weighted by Crippen LogP contribution is 2.25. The van der Waals surface area contributed by atoms with Crippen LogP contribution < -0.4 is 13.9 Å². The minimum Gasteiger partial charge on any atom is -0.324 e. The van der Waals surface area contributed by atoms with Crippen LogP contribution in [0.15, 0.2) is 83.8 Å². The highest BCUT2D eigenvalue weighted by Gasteiger charge is 2.27. The highest BCUT2D eigenvalue weighted by molar-refractivity contribution is 14.1. The lowest BCUT2D eigenvalue weighted by molar-refractivity contribution is -0.114. The van der Waals surface area contributed by atoms with E-state index in [1.54, 1.807) is 60.7 Å². The lowest BCUT2D eigenvalue weighted by Crippen LogP contribution is -2.38. The average Bonchev–Trinajstić information content (AvgIpc) is 2.78. The summed E-state index contributed by atoms with van der Waals surface area (Å²) in [5, 5.41) is 2.66. The standard InChI is InChI=1S/C22H22IN3O5S2/c1-25(32(2,28)29)20-8-6-7-18(15-20)24-22(27)16-26(19-13-11-17(23)12-14-19)33(30,31)21-9-4-3-5-10-21/h3-15H,16H2,1-2H3,(H,24,27). The summed E-state index contributed by atoms with van der Waals surface area (Å²) in [4.78, 5) is 12.9. The molecule has 8 nitrogen and oxygen atoms in total. The van der Waals surface area contributed by atoms with Crippen LogP contribution in [0.3, 0.4) is 0 Å². The molecule has 174 valence electrons. The SMILES string of the molecule is CN(c1cccc(NC(=O)CN(c2ccc(I)cc2)S(=O)(=O)c2ccccc2)c1)S(C)(=O)=O. The fraction of sp³-hybridized carbons (Fsp3) is 0.136. The molecule has 1 amide bonds. The second kappa shape index (κ2) is 10.1. The molecule has 0 aliphatic rings. The zero-order valence-electron chi connectivity index (χ0n) is 17.8. The van der Waals surface area contributed by atoms with Crippen molar-refractivity contribution in [2.24, 2.45) is 0 Å². The van der Waals surface area contributed by atoms with Gasteiger partial charge < -0.3 is 5.32 Å². The molecule has 0 saturated carbocycles. The van der Waals surface area contributed by atoms with Crippen molar-refractivity contribution in [3.63, 3.8) is 0 Å². The van der Waals surface area contributed by atoms with E-state index in [-0.39, 0.29) is 4.90 Å². The van der Waals surface area contributed by atoms with Crippen LogP contribution in [0.4, 0.5) is 17.1 Å². The van der Waals surface area contributed by atoms with Gasteiger partial charge >= 0.3 is 0 Å². The number of nitrogens with zero attached hydrogens (tertiary/aromatic N) is 2. The second-order valence-electron chi connectivity index (χ2n) is 7.13. The van der Waals surface area contributed by atoms with E-state index in [1.807, 2.05) is 0 Å². The summed E-state index contributed by atoms with van der Waals surface area (Å²) < 4.78 is 53.3. The van der Waals surface area contributed by atoms with Gasteiger partial charge in [-0.15, -0.1) is 0 Å². The summed E-state index contributed by atoms with van der Waals surface area (Å²) in [7, 11) is -6.09. The number of carbonyl (C=O) groups is 1. The van der Waals surface area contributed by atoms with Crippen molar-refractivity contribution in [2.45, 2.75) is 4.90 Å². The number of benzene rings is 3. The first kappa shape index (κ1) is 25.0. The van der Waals surface area contributed by atoms with E-state index < -0.39 is 32.5 Å². The Hall–Kier alpha value is -2.64. The average molecular weight is 599 g/mol. The molecule has 0 bridgehead atoms. The molecule has 0 heterocycles. The van der Waals surface area contributed by atoms with Crippen molar-refractivity contribution in [3.05, 3.63) is 82.4 Å². The van der Waals surface area contributed by atoms with Crippen molar-refractivity contribution in [1.82, 2.24) is 0 Å². The van der Waals surface area contributed by atoms with E-state index >= 15 is 0 Å². The first-order valence-electron chi connectivity index (χ1n) is 9.65. The molecule has 0 unspecified atom stereocenters. The van der Waals surface area contributed by atoms with Crippen molar-refractivity contribution >= 4 is 65.6 Å². The Labute approximate surface area is 207 Å². The molecule has 0 aliphatic carbocycles. The third-order valence-electron chi connectivity index (χ3n) is 4.72. The van der Waals surface area contributed by atoms with Gasteiger partial charge in [0, 0.05) is 16.3 Å². The monoisotopic (exact) mass is 599 g/mol. The van der Waals surface area contributed by atoms with Gasteiger partial charge in [0.05, 0.1) is 22.5 Å². The zero-order chi connectivity index (χ0) is 24.2. The first-order chi connectivity index (χ1) is 15.5. The predicted octanol–water partition coefficient (Wildman–Crippen LogP) is 3.52. The lowest BCUT2D eigenvalue weighted by atomic mass is 10.2. The largest absolute Gasteiger partial charge is 0.324 e. The minimum absolute atomic E-state index is 0.0631. The third kappa shape index (κ3) is 6.24. The summed E-state index contributed by atoms with van der Waals surface area (Å²) in [6, 6.07) is 20.9. The van der Waals surface area contributed by atoms with Gasteiger partial charge in [-0.1, -0.05) is 24.3 Å². The van der Waals surface area contributed by atoms with E-state index in [0.29, 0.717) is 17.1 Å². The van der Waals surface area contributed by atoms with Crippen LogP contribution in [0.5, 0.6) is 0 Å². The van der Waals surface area contributed by atoms with E-state index in [2.05, 4.69) is 27.9 Å². The second-order valence-corrected chi connectivity index (χ2v) is 12.3. The molecule has 3 aromatic carbocycles. The molecule has 0 radical (unpaired) electrons. The summed E-state index contributed by atoms with van der Waals surface area (Å²) >= 11 is 2.11. The number of hydrogen-bond acceptors (Lipinski definition) is 5. The van der Waals surface area contributed by atoms with Crippen LogP contribution >= 0.6 is 22.6 Å². The third-order valence-corrected chi connectivity index (χ3v) is 8.44. The van der Waals surface area contributed by atoms with E-state index in [0.717, 1.165) is 18.4 Å². The Bertz CT molecular complexity index is 1350. The fourth-order valence-corrected chi connectivity index (χ4v) is 5.24. The molecule has 0 saturated heterocycles. The number of nitrogens with one attached hydrogen (secondary N) is 1. The van der Waals surface area contributed by atoms with Gasteiger partial charge in [0.25, 0.3) is 10.0 Å². The molecule has 3 rings (SSSR count). The molecule has 0 fully saturated rings. The van der Waals surface area contributed by atoms with Crippen LogP contribution in [-0.2, 0) is 24.8 Å². The summed E-state index contributed by atoms with van der Waals surface area (Å²) in [6.45, 7) is -0.468. The van der Waals surface area contributed by atoms with Crippen molar-refractivity contribution in [3.8, 4) is 0 Å². The maximum Gasteiger partial charge on any atom is 0.264 e. The number of rotatable bonds is 8. The van der Waals surface area contributed by atoms with Gasteiger partial charge in [-0.3, -0.25) is 13.4 Å². The van der Waals surface area contributed by atoms with Crippen LogP contribution in [0.2, 0.25) is 0 Å². The summed E-state index contributed by atoms with van der Waals surface area (Å²) in [5.74, 6) is -0.577. The quantitative estimate of drug-likeness (QED) is 0.400. The predicted molar refractivity (Wildman–Crippen MR) is 138 cm³/mol. The number of carbonyl (C=O) groups excluding carboxylic acids is 1. The van der Waals surface area contributed by atoms with Gasteiger partial charge in [0.1, 0.15) is 6.54 Å². The van der Waals surface area contributed by atoms with Crippen molar-refractivity contribution in [2.75, 3.05) is 33.8 Å². The fourth-order valence-electron chi connectivity index (χ4n) is 2.94. The molecule has 0 aliphatic heterocycles. The molecule has 1 N–H and O–H groups in total. The first-order valence-corrected chi connectivity index (χ1v) is 14.0. The Morgan fingerprint density at radius 2 is 1.52 bits per heavy atom. The van der Waals surface area contributed by atoms with Gasteiger partial charge in [0.2, 0.25) is 15.9 Å². The molecular formula is C22H22IN3O5S2. The molecular weight excluding hydrogens is 577 g/mol. The Kier molecular flexibility index (Phi) is 7.65. The smallest absolute Gasteiger partial charge is 0.264 e. The zero-order valence-corrected chi connectivity index (χ0v) is 21.6.